The van der Waals surface area contributed by atoms with Crippen molar-refractivity contribution in [3.63, 3.8) is 0 Å². The van der Waals surface area contributed by atoms with Crippen LogP contribution < -0.4 is 0 Å². The number of aromatic amines is 1. The second-order valence-corrected chi connectivity index (χ2v) is 3.42. The van der Waals surface area contributed by atoms with Crippen molar-refractivity contribution in [2.45, 2.75) is 18.8 Å². The number of H-pyrrole nitrogens is 1. The molecule has 0 radical (unpaired) electrons. The number of carboxylic acids is 1. The number of hydrogen-bond donors (Lipinski definition) is 2. The van der Waals surface area contributed by atoms with Gasteiger partial charge in [0.2, 0.25) is 5.78 Å². The number of carboxylic acid groups (broad SMARTS) is 1. The van der Waals surface area contributed by atoms with Gasteiger partial charge < -0.3 is 10.1 Å². The number of Topliss-reactive ketones (excluding diaryl/α,β-unsaturated/α-hetero) is 1. The lowest BCUT2D eigenvalue weighted by Gasteiger charge is -2.19. The third-order valence-corrected chi connectivity index (χ3v) is 2.40. The van der Waals surface area contributed by atoms with Gasteiger partial charge in [-0.05, 0) is 18.1 Å². The van der Waals surface area contributed by atoms with Gasteiger partial charge in [0.25, 0.3) is 0 Å². The summed E-state index contributed by atoms with van der Waals surface area (Å²) < 4.78 is 25.9. The molecule has 0 aromatic carbocycles. The molecule has 15 heavy (non-hydrogen) atoms. The van der Waals surface area contributed by atoms with Gasteiger partial charge in [-0.25, -0.2) is 4.79 Å². The molecule has 0 amide bonds. The van der Waals surface area contributed by atoms with E-state index in [9.17, 15) is 18.4 Å². The van der Waals surface area contributed by atoms with Crippen LogP contribution in [-0.2, 0) is 6.42 Å². The third-order valence-electron chi connectivity index (χ3n) is 2.40. The lowest BCUT2D eigenvalue weighted by atomic mass is 9.93. The standard InChI is InChI=1S/C9H7F2NO3/c10-9(11)2-1-4-3-5(8(14)15)12-6(4)7(9)13/h3,12H,1-2H2,(H,14,15). The zero-order valence-electron chi connectivity index (χ0n) is 7.51. The summed E-state index contributed by atoms with van der Waals surface area (Å²) in [5.41, 5.74) is -0.155. The Morgan fingerprint density at radius 2 is 2.20 bits per heavy atom. The van der Waals surface area contributed by atoms with Crippen molar-refractivity contribution >= 4 is 11.8 Å². The maximum Gasteiger partial charge on any atom is 0.352 e. The summed E-state index contributed by atoms with van der Waals surface area (Å²) in [7, 11) is 0. The van der Waals surface area contributed by atoms with E-state index in [1.54, 1.807) is 0 Å². The minimum Gasteiger partial charge on any atom is -0.477 e. The van der Waals surface area contributed by atoms with Gasteiger partial charge in [-0.1, -0.05) is 0 Å². The van der Waals surface area contributed by atoms with E-state index in [2.05, 4.69) is 4.98 Å². The first-order chi connectivity index (χ1) is 6.92. The Labute approximate surface area is 82.9 Å². The zero-order valence-corrected chi connectivity index (χ0v) is 7.51. The summed E-state index contributed by atoms with van der Waals surface area (Å²) >= 11 is 0. The average Bonchev–Trinajstić information content (AvgIpc) is 2.56. The molecule has 1 heterocycles. The van der Waals surface area contributed by atoms with Crippen LogP contribution in [-0.4, -0.2) is 27.8 Å². The van der Waals surface area contributed by atoms with E-state index < -0.39 is 24.1 Å². The van der Waals surface area contributed by atoms with Crippen LogP contribution in [0.15, 0.2) is 6.07 Å². The normalized spacial score (nSPS) is 18.7. The van der Waals surface area contributed by atoms with Crippen LogP contribution in [0.4, 0.5) is 8.78 Å². The number of aromatic carboxylic acids is 1. The van der Waals surface area contributed by atoms with Gasteiger partial charge in [-0.15, -0.1) is 0 Å². The van der Waals surface area contributed by atoms with Crippen LogP contribution >= 0.6 is 0 Å². The first kappa shape index (κ1) is 9.82. The van der Waals surface area contributed by atoms with Gasteiger partial charge in [-0.2, -0.15) is 8.78 Å². The van der Waals surface area contributed by atoms with Crippen LogP contribution in [0.3, 0.4) is 0 Å². The second kappa shape index (κ2) is 2.88. The van der Waals surface area contributed by atoms with Gasteiger partial charge in [0.1, 0.15) is 5.69 Å². The zero-order chi connectivity index (χ0) is 11.2. The van der Waals surface area contributed by atoms with Gasteiger partial charge >= 0.3 is 11.9 Å². The number of aryl methyl sites for hydroxylation is 1. The van der Waals surface area contributed by atoms with E-state index >= 15 is 0 Å². The molecule has 0 fully saturated rings. The fourth-order valence-corrected chi connectivity index (χ4v) is 1.60. The molecule has 0 aliphatic heterocycles. The van der Waals surface area contributed by atoms with Crippen molar-refractivity contribution < 1.29 is 23.5 Å². The van der Waals surface area contributed by atoms with Gasteiger partial charge in [0, 0.05) is 6.42 Å². The monoisotopic (exact) mass is 215 g/mol. The Balaban J connectivity index is 2.49. The number of carbonyl (C=O) groups excluding carboxylic acids is 1. The van der Waals surface area contributed by atoms with E-state index in [0.717, 1.165) is 0 Å². The molecule has 2 rings (SSSR count). The molecule has 0 saturated carbocycles. The highest BCUT2D eigenvalue weighted by molar-refractivity contribution is 6.03. The van der Waals surface area contributed by atoms with Crippen molar-refractivity contribution in [1.29, 1.82) is 0 Å². The molecule has 0 atom stereocenters. The minimum atomic E-state index is -3.38. The number of nitrogens with one attached hydrogen (secondary N) is 1. The summed E-state index contributed by atoms with van der Waals surface area (Å²) in [5.74, 6) is -5.97. The van der Waals surface area contributed by atoms with Crippen molar-refractivity contribution in [2.75, 3.05) is 0 Å². The van der Waals surface area contributed by atoms with Crippen molar-refractivity contribution in [1.82, 2.24) is 4.98 Å². The molecule has 0 saturated heterocycles. The average molecular weight is 215 g/mol. The lowest BCUT2D eigenvalue weighted by Crippen LogP contribution is -2.34. The largest absolute Gasteiger partial charge is 0.477 e. The first-order valence-corrected chi connectivity index (χ1v) is 4.29. The van der Waals surface area contributed by atoms with Crippen LogP contribution in [0.2, 0.25) is 0 Å². The van der Waals surface area contributed by atoms with E-state index in [1.165, 1.54) is 6.07 Å². The van der Waals surface area contributed by atoms with Crippen LogP contribution in [0.5, 0.6) is 0 Å². The predicted molar refractivity (Wildman–Crippen MR) is 45.4 cm³/mol. The number of aromatic nitrogens is 1. The highest BCUT2D eigenvalue weighted by atomic mass is 19.3. The van der Waals surface area contributed by atoms with Gasteiger partial charge in [0.05, 0.1) is 5.69 Å². The van der Waals surface area contributed by atoms with E-state index in [0.29, 0.717) is 5.56 Å². The summed E-state index contributed by atoms with van der Waals surface area (Å²) in [6.45, 7) is 0. The Morgan fingerprint density at radius 3 is 2.80 bits per heavy atom. The Bertz CT molecular complexity index is 450. The molecule has 4 nitrogen and oxygen atoms in total. The lowest BCUT2D eigenvalue weighted by molar-refractivity contribution is 0.00158. The minimum absolute atomic E-state index is 0.0118. The quantitative estimate of drug-likeness (QED) is 0.745. The number of halogens is 2. The Kier molecular flexibility index (Phi) is 1.89. The summed E-state index contributed by atoms with van der Waals surface area (Å²) in [6.07, 6.45) is -0.548. The van der Waals surface area contributed by atoms with E-state index in [1.807, 2.05) is 0 Å². The van der Waals surface area contributed by atoms with Gasteiger partial charge in [-0.3, -0.25) is 4.79 Å². The van der Waals surface area contributed by atoms with Gasteiger partial charge in [0.15, 0.2) is 0 Å². The Hall–Kier alpha value is -1.72. The summed E-state index contributed by atoms with van der Waals surface area (Å²) in [6, 6.07) is 1.23. The molecule has 6 heteroatoms. The molecular formula is C9H7F2NO3. The van der Waals surface area contributed by atoms with Crippen LogP contribution in [0.25, 0.3) is 0 Å². The summed E-state index contributed by atoms with van der Waals surface area (Å²) in [4.78, 5) is 24.0. The third kappa shape index (κ3) is 1.42. The fourth-order valence-electron chi connectivity index (χ4n) is 1.60. The molecule has 2 N–H and O–H groups in total. The number of fused-ring (bicyclic) bond motifs is 1. The molecule has 0 spiro atoms. The van der Waals surface area contributed by atoms with E-state index in [4.69, 9.17) is 5.11 Å². The SMILES string of the molecule is O=C(O)c1cc2c([nH]1)C(=O)C(F)(F)CC2. The molecule has 0 unspecified atom stereocenters. The number of hydrogen-bond acceptors (Lipinski definition) is 2. The highest BCUT2D eigenvalue weighted by Gasteiger charge is 2.44. The van der Waals surface area contributed by atoms with Crippen LogP contribution in [0.1, 0.15) is 33.0 Å². The highest BCUT2D eigenvalue weighted by Crippen LogP contribution is 2.32. The number of ketones is 1. The Morgan fingerprint density at radius 1 is 1.53 bits per heavy atom. The smallest absolute Gasteiger partial charge is 0.352 e. The van der Waals surface area contributed by atoms with E-state index in [-0.39, 0.29) is 17.8 Å². The number of rotatable bonds is 1. The van der Waals surface area contributed by atoms with Crippen molar-refractivity contribution in [2.24, 2.45) is 0 Å². The predicted octanol–water partition coefficient (Wildman–Crippen LogP) is 1.48. The van der Waals surface area contributed by atoms with Crippen molar-refractivity contribution in [3.05, 3.63) is 23.0 Å². The maximum absolute atomic E-state index is 13.0. The molecule has 1 aliphatic carbocycles. The molecular weight excluding hydrogens is 208 g/mol. The maximum atomic E-state index is 13.0. The molecule has 1 aromatic rings. The fraction of sp³-hybridized carbons (Fsp3) is 0.333. The molecule has 1 aliphatic rings. The number of alkyl halides is 2. The second-order valence-electron chi connectivity index (χ2n) is 3.42. The van der Waals surface area contributed by atoms with Crippen LogP contribution in [0, 0.1) is 0 Å². The molecule has 80 valence electrons. The molecule has 0 bridgehead atoms. The number of carbonyl (C=O) groups is 2. The van der Waals surface area contributed by atoms with Crippen molar-refractivity contribution in [3.8, 4) is 0 Å². The first-order valence-electron chi connectivity index (χ1n) is 4.29. The molecule has 1 aromatic heterocycles. The summed E-state index contributed by atoms with van der Waals surface area (Å²) in [5, 5.41) is 8.62. The topological polar surface area (TPSA) is 70.2 Å².